The van der Waals surface area contributed by atoms with Gasteiger partial charge in [-0.1, -0.05) is 30.3 Å². The van der Waals surface area contributed by atoms with Crippen molar-refractivity contribution >= 4 is 36.2 Å². The number of halogens is 1. The Labute approximate surface area is 162 Å². The summed E-state index contributed by atoms with van der Waals surface area (Å²) in [6.45, 7) is 3.25. The van der Waals surface area contributed by atoms with Crippen LogP contribution in [0.2, 0.25) is 0 Å². The van der Waals surface area contributed by atoms with Gasteiger partial charge in [0.15, 0.2) is 9.84 Å². The third-order valence-corrected chi connectivity index (χ3v) is 7.17. The van der Waals surface area contributed by atoms with E-state index in [0.717, 1.165) is 18.4 Å². The molecule has 1 amide bonds. The van der Waals surface area contributed by atoms with Crippen LogP contribution in [0, 0.1) is 5.82 Å². The summed E-state index contributed by atoms with van der Waals surface area (Å²) in [5.41, 5.74) is 0.296. The van der Waals surface area contributed by atoms with Crippen LogP contribution in [0.15, 0.2) is 66.1 Å². The first-order chi connectivity index (χ1) is 13.1. The number of benzene rings is 2. The van der Waals surface area contributed by atoms with Crippen molar-refractivity contribution in [1.29, 1.82) is 0 Å². The molecule has 0 saturated carbocycles. The molecule has 1 aliphatic heterocycles. The Bertz CT molecular complexity index is 1200. The number of hydrogen-bond donors (Lipinski definition) is 0. The third kappa shape index (κ3) is 3.38. The molecule has 146 valence electrons. The van der Waals surface area contributed by atoms with Gasteiger partial charge in [0, 0.05) is 6.26 Å². The molecule has 2 aromatic rings. The lowest BCUT2D eigenvalue weighted by molar-refractivity contribution is -0.119. The molecule has 0 atom stereocenters. The fraction of sp³-hybridized carbons (Fsp3) is 0.105. The van der Waals surface area contributed by atoms with E-state index in [1.165, 1.54) is 42.5 Å². The highest BCUT2D eigenvalue weighted by Crippen LogP contribution is 2.40. The average Bonchev–Trinajstić information content (AvgIpc) is 2.82. The summed E-state index contributed by atoms with van der Waals surface area (Å²) in [6.07, 6.45) is 2.32. The number of rotatable bonds is 5. The summed E-state index contributed by atoms with van der Waals surface area (Å²) in [5, 5.41) is 0. The van der Waals surface area contributed by atoms with E-state index in [1.54, 1.807) is 0 Å². The van der Waals surface area contributed by atoms with Crippen LogP contribution in [0.1, 0.15) is 11.1 Å². The largest absolute Gasteiger partial charge is 0.269 e. The van der Waals surface area contributed by atoms with E-state index >= 15 is 0 Å². The molecule has 0 aliphatic carbocycles. The van der Waals surface area contributed by atoms with Crippen molar-refractivity contribution in [1.82, 2.24) is 4.31 Å². The van der Waals surface area contributed by atoms with Crippen LogP contribution in [-0.2, 0) is 24.7 Å². The van der Waals surface area contributed by atoms with Crippen molar-refractivity contribution in [3.63, 3.8) is 0 Å². The van der Waals surface area contributed by atoms with Crippen LogP contribution >= 0.6 is 0 Å². The van der Waals surface area contributed by atoms with Crippen molar-refractivity contribution in [2.75, 3.05) is 12.8 Å². The van der Waals surface area contributed by atoms with Gasteiger partial charge in [-0.05, 0) is 35.4 Å². The second kappa shape index (κ2) is 6.99. The summed E-state index contributed by atoms with van der Waals surface area (Å²) in [4.78, 5) is 12.6. The molecule has 0 bridgehead atoms. The predicted molar refractivity (Wildman–Crippen MR) is 104 cm³/mol. The Morgan fingerprint density at radius 1 is 1.04 bits per heavy atom. The van der Waals surface area contributed by atoms with Gasteiger partial charge in [0.1, 0.15) is 10.7 Å². The van der Waals surface area contributed by atoms with Gasteiger partial charge in [-0.15, -0.1) is 6.58 Å². The van der Waals surface area contributed by atoms with Crippen LogP contribution in [0.3, 0.4) is 0 Å². The molecule has 2 aromatic carbocycles. The lowest BCUT2D eigenvalue weighted by atomic mass is 10.0. The standard InChI is InChI=1S/C19H16FNO5S2/c1-3-12-21-19(22)17(13-4-8-15(20)9-5-13)18(28(21,25)26)14-6-10-16(11-7-14)27(2,23)24/h3-11H,1,12H2,2H3. The molecule has 6 nitrogen and oxygen atoms in total. The maximum atomic E-state index is 13.3. The Morgan fingerprint density at radius 3 is 2.07 bits per heavy atom. The first-order valence-corrected chi connectivity index (χ1v) is 11.4. The fourth-order valence-corrected chi connectivity index (χ4v) is 5.25. The smallest absolute Gasteiger partial charge is 0.268 e. The summed E-state index contributed by atoms with van der Waals surface area (Å²) in [5.74, 6) is -1.28. The Hall–Kier alpha value is -2.78. The second-order valence-electron chi connectivity index (χ2n) is 6.14. The molecule has 0 fully saturated rings. The number of hydrogen-bond acceptors (Lipinski definition) is 5. The number of nitrogens with zero attached hydrogens (tertiary/aromatic N) is 1. The molecule has 0 unspecified atom stereocenters. The van der Waals surface area contributed by atoms with E-state index in [-0.39, 0.29) is 33.0 Å². The molecular weight excluding hydrogens is 405 g/mol. The molecule has 0 radical (unpaired) electrons. The zero-order valence-electron chi connectivity index (χ0n) is 14.8. The lowest BCUT2D eigenvalue weighted by Gasteiger charge is -2.14. The third-order valence-electron chi connectivity index (χ3n) is 4.19. The lowest BCUT2D eigenvalue weighted by Crippen LogP contribution is -2.31. The summed E-state index contributed by atoms with van der Waals surface area (Å²) in [6, 6.07) is 10.1. The number of carbonyl (C=O) groups excluding carboxylic acids is 1. The molecule has 1 heterocycles. The molecule has 0 aromatic heterocycles. The van der Waals surface area contributed by atoms with Crippen molar-refractivity contribution in [2.45, 2.75) is 4.90 Å². The molecule has 1 aliphatic rings. The molecule has 9 heteroatoms. The average molecular weight is 421 g/mol. The van der Waals surface area contributed by atoms with Crippen LogP contribution in [-0.4, -0.2) is 39.8 Å². The summed E-state index contributed by atoms with van der Waals surface area (Å²) < 4.78 is 63.4. The topological polar surface area (TPSA) is 88.6 Å². The molecular formula is C19H16FNO5S2. The monoisotopic (exact) mass is 421 g/mol. The molecule has 3 rings (SSSR count). The molecule has 0 N–H and O–H groups in total. The summed E-state index contributed by atoms with van der Waals surface area (Å²) >= 11 is 0. The highest BCUT2D eigenvalue weighted by atomic mass is 32.2. The minimum atomic E-state index is -4.20. The number of carbonyl (C=O) groups is 1. The van der Waals surface area contributed by atoms with Crippen molar-refractivity contribution in [3.8, 4) is 0 Å². The second-order valence-corrected chi connectivity index (χ2v) is 9.95. The van der Waals surface area contributed by atoms with Crippen LogP contribution < -0.4 is 0 Å². The molecule has 0 spiro atoms. The van der Waals surface area contributed by atoms with E-state index in [4.69, 9.17) is 0 Å². The van der Waals surface area contributed by atoms with Crippen LogP contribution in [0.25, 0.3) is 10.5 Å². The number of sulfonamides is 1. The Morgan fingerprint density at radius 2 is 1.57 bits per heavy atom. The van der Waals surface area contributed by atoms with Gasteiger partial charge in [-0.3, -0.25) is 4.79 Å². The van der Waals surface area contributed by atoms with E-state index in [0.29, 0.717) is 4.31 Å². The maximum absolute atomic E-state index is 13.3. The summed E-state index contributed by atoms with van der Waals surface area (Å²) in [7, 11) is -7.67. The minimum absolute atomic E-state index is 0.0184. The Balaban J connectivity index is 2.28. The molecule has 0 saturated heterocycles. The van der Waals surface area contributed by atoms with Gasteiger partial charge in [0.05, 0.1) is 17.0 Å². The Kier molecular flexibility index (Phi) is 4.99. The maximum Gasteiger partial charge on any atom is 0.269 e. The van der Waals surface area contributed by atoms with Crippen LogP contribution in [0.4, 0.5) is 4.39 Å². The van der Waals surface area contributed by atoms with Gasteiger partial charge < -0.3 is 0 Å². The molecule has 28 heavy (non-hydrogen) atoms. The zero-order valence-corrected chi connectivity index (χ0v) is 16.4. The fourth-order valence-electron chi connectivity index (χ4n) is 2.89. The minimum Gasteiger partial charge on any atom is -0.268 e. The van der Waals surface area contributed by atoms with E-state index in [2.05, 4.69) is 6.58 Å². The highest BCUT2D eigenvalue weighted by molar-refractivity contribution is 8.00. The predicted octanol–water partition coefficient (Wildman–Crippen LogP) is 2.46. The highest BCUT2D eigenvalue weighted by Gasteiger charge is 2.44. The van der Waals surface area contributed by atoms with E-state index < -0.39 is 31.6 Å². The quantitative estimate of drug-likeness (QED) is 0.692. The van der Waals surface area contributed by atoms with Gasteiger partial charge in [0.2, 0.25) is 0 Å². The van der Waals surface area contributed by atoms with Gasteiger partial charge in [-0.2, -0.15) is 0 Å². The number of sulfone groups is 1. The first kappa shape index (κ1) is 20.0. The van der Waals surface area contributed by atoms with Gasteiger partial charge >= 0.3 is 0 Å². The van der Waals surface area contributed by atoms with Crippen molar-refractivity contribution < 1.29 is 26.0 Å². The SMILES string of the molecule is C=CCN1C(=O)C(c2ccc(F)cc2)=C(c2ccc(S(C)(=O)=O)cc2)S1(=O)=O. The number of amides is 1. The zero-order chi connectivity index (χ0) is 20.7. The van der Waals surface area contributed by atoms with Crippen LogP contribution in [0.5, 0.6) is 0 Å². The van der Waals surface area contributed by atoms with Gasteiger partial charge in [0.25, 0.3) is 15.9 Å². The normalized spacial score (nSPS) is 16.5. The van der Waals surface area contributed by atoms with Crippen molar-refractivity contribution in [3.05, 3.63) is 78.1 Å². The van der Waals surface area contributed by atoms with E-state index in [9.17, 15) is 26.0 Å². The van der Waals surface area contributed by atoms with E-state index in [1.807, 2.05) is 0 Å². The first-order valence-electron chi connectivity index (χ1n) is 8.06. The van der Waals surface area contributed by atoms with Gasteiger partial charge in [-0.25, -0.2) is 25.5 Å². The van der Waals surface area contributed by atoms with Crippen molar-refractivity contribution in [2.24, 2.45) is 0 Å².